The van der Waals surface area contributed by atoms with Gasteiger partial charge in [-0.3, -0.25) is 0 Å². The molecule has 3 rings (SSSR count). The highest BCUT2D eigenvalue weighted by Gasteiger charge is 2.42. The van der Waals surface area contributed by atoms with Crippen LogP contribution in [0.15, 0.2) is 18.2 Å². The molecule has 1 N–H and O–H groups in total. The van der Waals surface area contributed by atoms with Crippen molar-refractivity contribution in [3.63, 3.8) is 0 Å². The molecule has 3 heteroatoms. The van der Waals surface area contributed by atoms with Crippen molar-refractivity contribution in [3.8, 4) is 11.5 Å². The smallest absolute Gasteiger partial charge is 0.165 e. The third kappa shape index (κ3) is 1.31. The van der Waals surface area contributed by atoms with E-state index < -0.39 is 0 Å². The number of piperidine rings is 1. The molecular weight excluding hydrogens is 202 g/mol. The zero-order valence-corrected chi connectivity index (χ0v) is 9.58. The first-order chi connectivity index (χ1) is 7.86. The number of benzene rings is 1. The molecular formula is C13H17NO2. The predicted molar refractivity (Wildman–Crippen MR) is 62.3 cm³/mol. The molecule has 1 aromatic rings. The number of para-hydroxylation sites is 1. The van der Waals surface area contributed by atoms with E-state index in [2.05, 4.69) is 17.4 Å². The number of ether oxygens (including phenoxy) is 2. The summed E-state index contributed by atoms with van der Waals surface area (Å²) in [4.78, 5) is 0. The third-order valence-electron chi connectivity index (χ3n) is 3.82. The first kappa shape index (κ1) is 9.97. The summed E-state index contributed by atoms with van der Waals surface area (Å²) >= 11 is 0. The molecule has 0 saturated carbocycles. The first-order valence-electron chi connectivity index (χ1n) is 5.87. The molecule has 2 aliphatic rings. The maximum atomic E-state index is 5.86. The van der Waals surface area contributed by atoms with Gasteiger partial charge in [0.25, 0.3) is 0 Å². The number of nitrogens with one attached hydrogen (secondary N) is 1. The lowest BCUT2D eigenvalue weighted by Crippen LogP contribution is -2.40. The van der Waals surface area contributed by atoms with Gasteiger partial charge in [0.15, 0.2) is 11.5 Å². The van der Waals surface area contributed by atoms with E-state index in [9.17, 15) is 0 Å². The summed E-state index contributed by atoms with van der Waals surface area (Å²) < 4.78 is 11.2. The van der Waals surface area contributed by atoms with Gasteiger partial charge in [-0.15, -0.1) is 0 Å². The Morgan fingerprint density at radius 3 is 2.88 bits per heavy atom. The number of fused-ring (bicyclic) bond motifs is 2. The highest BCUT2D eigenvalue weighted by molar-refractivity contribution is 5.53. The van der Waals surface area contributed by atoms with Gasteiger partial charge in [0, 0.05) is 11.0 Å². The molecule has 1 saturated heterocycles. The Morgan fingerprint density at radius 2 is 2.12 bits per heavy atom. The van der Waals surface area contributed by atoms with Crippen molar-refractivity contribution in [2.45, 2.75) is 18.3 Å². The zero-order chi connectivity index (χ0) is 11.0. The second kappa shape index (κ2) is 3.67. The average Bonchev–Trinajstić information content (AvgIpc) is 2.70. The molecule has 1 fully saturated rings. The minimum absolute atomic E-state index is 0.231. The lowest BCUT2D eigenvalue weighted by Gasteiger charge is -2.32. The van der Waals surface area contributed by atoms with Crippen LogP contribution in [-0.4, -0.2) is 26.8 Å². The Morgan fingerprint density at radius 1 is 1.31 bits per heavy atom. The fourth-order valence-electron chi connectivity index (χ4n) is 2.85. The van der Waals surface area contributed by atoms with E-state index in [4.69, 9.17) is 9.47 Å². The highest BCUT2D eigenvalue weighted by Crippen LogP contribution is 2.48. The minimum atomic E-state index is 0.231. The predicted octanol–water partition coefficient (Wildman–Crippen LogP) is 1.71. The van der Waals surface area contributed by atoms with Gasteiger partial charge >= 0.3 is 0 Å². The van der Waals surface area contributed by atoms with Gasteiger partial charge in [0.2, 0.25) is 0 Å². The van der Waals surface area contributed by atoms with E-state index in [1.807, 2.05) is 6.07 Å². The van der Waals surface area contributed by atoms with Gasteiger partial charge in [-0.05, 0) is 32.0 Å². The van der Waals surface area contributed by atoms with Gasteiger partial charge in [-0.2, -0.15) is 0 Å². The molecule has 3 nitrogen and oxygen atoms in total. The van der Waals surface area contributed by atoms with Crippen molar-refractivity contribution in [1.82, 2.24) is 5.32 Å². The lowest BCUT2D eigenvalue weighted by molar-refractivity contribution is 0.217. The van der Waals surface area contributed by atoms with Crippen molar-refractivity contribution >= 4 is 0 Å². The quantitative estimate of drug-likeness (QED) is 0.780. The second-order valence-corrected chi connectivity index (χ2v) is 4.66. The Kier molecular flexibility index (Phi) is 2.28. The molecule has 0 unspecified atom stereocenters. The molecule has 0 bridgehead atoms. The second-order valence-electron chi connectivity index (χ2n) is 4.66. The maximum Gasteiger partial charge on any atom is 0.165 e. The molecule has 0 aromatic heterocycles. The Balaban J connectivity index is 2.04. The average molecular weight is 219 g/mol. The number of methoxy groups -OCH3 is 1. The standard InChI is InChI=1S/C13H17NO2/c1-15-11-4-2-3-10-12(11)16-9-13(10)5-7-14-8-6-13/h2-4,14H,5-9H2,1H3. The molecule has 0 aliphatic carbocycles. The first-order valence-corrected chi connectivity index (χ1v) is 5.87. The molecule has 0 radical (unpaired) electrons. The van der Waals surface area contributed by atoms with Crippen LogP contribution in [0.1, 0.15) is 18.4 Å². The van der Waals surface area contributed by atoms with Crippen molar-refractivity contribution in [2.75, 3.05) is 26.8 Å². The summed E-state index contributed by atoms with van der Waals surface area (Å²) in [6.07, 6.45) is 2.32. The molecule has 16 heavy (non-hydrogen) atoms. The number of hydrogen-bond donors (Lipinski definition) is 1. The van der Waals surface area contributed by atoms with Crippen LogP contribution in [0.5, 0.6) is 11.5 Å². The summed E-state index contributed by atoms with van der Waals surface area (Å²) in [6.45, 7) is 2.98. The van der Waals surface area contributed by atoms with E-state index in [1.165, 1.54) is 5.56 Å². The fourth-order valence-corrected chi connectivity index (χ4v) is 2.85. The summed E-state index contributed by atoms with van der Waals surface area (Å²) in [7, 11) is 1.70. The zero-order valence-electron chi connectivity index (χ0n) is 9.58. The monoisotopic (exact) mass is 219 g/mol. The van der Waals surface area contributed by atoms with Gasteiger partial charge in [-0.1, -0.05) is 12.1 Å². The molecule has 2 heterocycles. The van der Waals surface area contributed by atoms with Crippen LogP contribution in [-0.2, 0) is 5.41 Å². The van der Waals surface area contributed by atoms with Crippen LogP contribution in [0.25, 0.3) is 0 Å². The van der Waals surface area contributed by atoms with E-state index in [1.54, 1.807) is 7.11 Å². The highest BCUT2D eigenvalue weighted by atomic mass is 16.5. The lowest BCUT2D eigenvalue weighted by atomic mass is 9.75. The van der Waals surface area contributed by atoms with Crippen molar-refractivity contribution in [2.24, 2.45) is 0 Å². The van der Waals surface area contributed by atoms with E-state index in [-0.39, 0.29) is 5.41 Å². The van der Waals surface area contributed by atoms with Gasteiger partial charge in [0.05, 0.1) is 13.7 Å². The van der Waals surface area contributed by atoms with E-state index >= 15 is 0 Å². The van der Waals surface area contributed by atoms with Crippen LogP contribution in [0, 0.1) is 0 Å². The van der Waals surface area contributed by atoms with Crippen LogP contribution in [0.2, 0.25) is 0 Å². The number of rotatable bonds is 1. The van der Waals surface area contributed by atoms with E-state index in [0.29, 0.717) is 0 Å². The molecule has 1 spiro atoms. The van der Waals surface area contributed by atoms with Crippen LogP contribution in [0.3, 0.4) is 0 Å². The topological polar surface area (TPSA) is 30.5 Å². The van der Waals surface area contributed by atoms with Crippen molar-refractivity contribution < 1.29 is 9.47 Å². The fraction of sp³-hybridized carbons (Fsp3) is 0.538. The summed E-state index contributed by atoms with van der Waals surface area (Å²) in [5.74, 6) is 1.83. The van der Waals surface area contributed by atoms with Crippen LogP contribution < -0.4 is 14.8 Å². The van der Waals surface area contributed by atoms with Crippen LogP contribution in [0.4, 0.5) is 0 Å². The largest absolute Gasteiger partial charge is 0.493 e. The molecule has 2 aliphatic heterocycles. The SMILES string of the molecule is COc1cccc2c1OCC21CCNCC1. The van der Waals surface area contributed by atoms with Gasteiger partial charge in [-0.25, -0.2) is 0 Å². The minimum Gasteiger partial charge on any atom is -0.493 e. The third-order valence-corrected chi connectivity index (χ3v) is 3.82. The molecule has 1 aromatic carbocycles. The Hall–Kier alpha value is -1.22. The van der Waals surface area contributed by atoms with Crippen molar-refractivity contribution in [1.29, 1.82) is 0 Å². The summed E-state index contributed by atoms with van der Waals surface area (Å²) in [5, 5.41) is 3.41. The molecule has 86 valence electrons. The van der Waals surface area contributed by atoms with Crippen LogP contribution >= 0.6 is 0 Å². The van der Waals surface area contributed by atoms with Crippen molar-refractivity contribution in [3.05, 3.63) is 23.8 Å². The summed E-state index contributed by atoms with van der Waals surface area (Å²) in [6, 6.07) is 6.23. The Bertz CT molecular complexity index is 397. The van der Waals surface area contributed by atoms with E-state index in [0.717, 1.165) is 44.0 Å². The summed E-state index contributed by atoms with van der Waals surface area (Å²) in [5.41, 5.74) is 1.57. The maximum absolute atomic E-state index is 5.86. The normalized spacial score (nSPS) is 21.6. The molecule has 0 amide bonds. The van der Waals surface area contributed by atoms with Gasteiger partial charge < -0.3 is 14.8 Å². The Labute approximate surface area is 95.8 Å². The molecule has 0 atom stereocenters. The number of hydrogen-bond acceptors (Lipinski definition) is 3. The van der Waals surface area contributed by atoms with Gasteiger partial charge in [0.1, 0.15) is 0 Å².